The van der Waals surface area contributed by atoms with E-state index in [0.29, 0.717) is 23.0 Å². The SMILES string of the molecule is COc1ccc(CNC(=O)COC(=O)[C@@H]2COc3ccccc3O2)cc1OC. The van der Waals surface area contributed by atoms with Gasteiger partial charge in [-0.05, 0) is 29.8 Å². The Morgan fingerprint density at radius 2 is 1.82 bits per heavy atom. The third-order valence-corrected chi connectivity index (χ3v) is 4.05. The second-order valence-electron chi connectivity index (χ2n) is 5.94. The fourth-order valence-electron chi connectivity index (χ4n) is 2.61. The van der Waals surface area contributed by atoms with Crippen molar-refractivity contribution in [2.24, 2.45) is 0 Å². The summed E-state index contributed by atoms with van der Waals surface area (Å²) in [6, 6.07) is 12.3. The number of carbonyl (C=O) groups excluding carboxylic acids is 2. The fourth-order valence-corrected chi connectivity index (χ4v) is 2.61. The molecule has 1 N–H and O–H groups in total. The fraction of sp³-hybridized carbons (Fsp3) is 0.300. The molecule has 0 radical (unpaired) electrons. The molecule has 0 spiro atoms. The lowest BCUT2D eigenvalue weighted by Gasteiger charge is -2.24. The van der Waals surface area contributed by atoms with E-state index >= 15 is 0 Å². The van der Waals surface area contributed by atoms with Crippen LogP contribution in [0, 0.1) is 0 Å². The molecule has 0 saturated carbocycles. The standard InChI is InChI=1S/C20H21NO7/c1-24-14-8-7-13(9-17(14)25-2)10-21-19(22)12-27-20(23)18-11-26-15-5-3-4-6-16(15)28-18/h3-9,18H,10-12H2,1-2H3,(H,21,22)/t18-/m0/s1. The summed E-state index contributed by atoms with van der Waals surface area (Å²) >= 11 is 0. The Morgan fingerprint density at radius 1 is 1.07 bits per heavy atom. The van der Waals surface area contributed by atoms with Crippen LogP contribution in [-0.2, 0) is 20.9 Å². The van der Waals surface area contributed by atoms with Crippen LogP contribution in [0.1, 0.15) is 5.56 Å². The number of fused-ring (bicyclic) bond motifs is 1. The molecule has 0 aliphatic carbocycles. The highest BCUT2D eigenvalue weighted by Gasteiger charge is 2.29. The number of methoxy groups -OCH3 is 2. The number of nitrogens with one attached hydrogen (secondary N) is 1. The molecule has 1 atom stereocenters. The van der Waals surface area contributed by atoms with Gasteiger partial charge in [0.2, 0.25) is 6.10 Å². The predicted molar refractivity (Wildman–Crippen MR) is 98.7 cm³/mol. The maximum atomic E-state index is 12.1. The van der Waals surface area contributed by atoms with Gasteiger partial charge in [0, 0.05) is 6.54 Å². The molecule has 2 aromatic rings. The van der Waals surface area contributed by atoms with E-state index in [0.717, 1.165) is 5.56 Å². The number of carbonyl (C=O) groups is 2. The van der Waals surface area contributed by atoms with Crippen molar-refractivity contribution in [2.45, 2.75) is 12.6 Å². The van der Waals surface area contributed by atoms with Crippen molar-refractivity contribution in [2.75, 3.05) is 27.4 Å². The normalized spacial score (nSPS) is 14.7. The lowest BCUT2D eigenvalue weighted by atomic mass is 10.2. The average molecular weight is 387 g/mol. The van der Waals surface area contributed by atoms with E-state index < -0.39 is 24.6 Å². The van der Waals surface area contributed by atoms with Crippen LogP contribution in [0.3, 0.4) is 0 Å². The molecule has 1 amide bonds. The van der Waals surface area contributed by atoms with Gasteiger partial charge in [-0.25, -0.2) is 4.79 Å². The van der Waals surface area contributed by atoms with Crippen LogP contribution in [0.5, 0.6) is 23.0 Å². The van der Waals surface area contributed by atoms with E-state index in [1.54, 1.807) is 43.5 Å². The molecule has 8 nitrogen and oxygen atoms in total. The van der Waals surface area contributed by atoms with Gasteiger partial charge in [0.1, 0.15) is 6.61 Å². The van der Waals surface area contributed by atoms with Gasteiger partial charge < -0.3 is 29.0 Å². The first-order chi connectivity index (χ1) is 13.6. The second-order valence-corrected chi connectivity index (χ2v) is 5.94. The van der Waals surface area contributed by atoms with Crippen LogP contribution in [0.4, 0.5) is 0 Å². The number of esters is 1. The minimum absolute atomic E-state index is 0.0309. The maximum Gasteiger partial charge on any atom is 0.351 e. The summed E-state index contributed by atoms with van der Waals surface area (Å²) in [5, 5.41) is 2.68. The first kappa shape index (κ1) is 19.3. The van der Waals surface area contributed by atoms with Gasteiger partial charge >= 0.3 is 5.97 Å². The van der Waals surface area contributed by atoms with Crippen LogP contribution in [0.2, 0.25) is 0 Å². The molecule has 28 heavy (non-hydrogen) atoms. The molecular weight excluding hydrogens is 366 g/mol. The van der Waals surface area contributed by atoms with Crippen molar-refractivity contribution < 1.29 is 33.3 Å². The summed E-state index contributed by atoms with van der Waals surface area (Å²) < 4.78 is 26.4. The number of para-hydroxylation sites is 2. The topological polar surface area (TPSA) is 92.3 Å². The highest BCUT2D eigenvalue weighted by Crippen LogP contribution is 2.31. The Kier molecular flexibility index (Phi) is 6.21. The molecule has 1 heterocycles. The van der Waals surface area contributed by atoms with Gasteiger partial charge in [0.15, 0.2) is 29.6 Å². The van der Waals surface area contributed by atoms with Crippen molar-refractivity contribution in [3.8, 4) is 23.0 Å². The lowest BCUT2D eigenvalue weighted by molar-refractivity contribution is -0.157. The quantitative estimate of drug-likeness (QED) is 0.723. The first-order valence-electron chi connectivity index (χ1n) is 8.63. The largest absolute Gasteiger partial charge is 0.493 e. The highest BCUT2D eigenvalue weighted by atomic mass is 16.6. The van der Waals surface area contributed by atoms with E-state index in [-0.39, 0.29) is 13.2 Å². The lowest BCUT2D eigenvalue weighted by Crippen LogP contribution is -2.39. The van der Waals surface area contributed by atoms with Crippen LogP contribution < -0.4 is 24.3 Å². The van der Waals surface area contributed by atoms with Gasteiger partial charge in [0.25, 0.3) is 5.91 Å². The van der Waals surface area contributed by atoms with Crippen LogP contribution in [0.25, 0.3) is 0 Å². The van der Waals surface area contributed by atoms with Gasteiger partial charge in [-0.3, -0.25) is 4.79 Å². The minimum atomic E-state index is -0.909. The molecule has 0 aromatic heterocycles. The number of amides is 1. The zero-order valence-electron chi connectivity index (χ0n) is 15.6. The second kappa shape index (κ2) is 8.98. The monoisotopic (exact) mass is 387 g/mol. The Labute approximate surface area is 162 Å². The molecule has 8 heteroatoms. The third kappa shape index (κ3) is 4.64. The minimum Gasteiger partial charge on any atom is -0.493 e. The Morgan fingerprint density at radius 3 is 2.57 bits per heavy atom. The van der Waals surface area contributed by atoms with Crippen molar-refractivity contribution in [1.29, 1.82) is 0 Å². The van der Waals surface area contributed by atoms with Gasteiger partial charge in [-0.1, -0.05) is 18.2 Å². The average Bonchev–Trinajstić information content (AvgIpc) is 2.75. The maximum absolute atomic E-state index is 12.1. The predicted octanol–water partition coefficient (Wildman–Crippen LogP) is 1.70. The number of hydrogen-bond donors (Lipinski definition) is 1. The van der Waals surface area contributed by atoms with Crippen molar-refractivity contribution in [3.05, 3.63) is 48.0 Å². The van der Waals surface area contributed by atoms with E-state index in [9.17, 15) is 9.59 Å². The molecule has 0 fully saturated rings. The van der Waals surface area contributed by atoms with E-state index in [1.165, 1.54) is 7.11 Å². The smallest absolute Gasteiger partial charge is 0.351 e. The number of benzene rings is 2. The summed E-state index contributed by atoms with van der Waals surface area (Å²) in [5.74, 6) is 1.11. The van der Waals surface area contributed by atoms with Gasteiger partial charge in [-0.15, -0.1) is 0 Å². The molecule has 0 bridgehead atoms. The van der Waals surface area contributed by atoms with Gasteiger partial charge in [0.05, 0.1) is 14.2 Å². The number of rotatable bonds is 7. The summed E-state index contributed by atoms with van der Waals surface area (Å²) in [4.78, 5) is 24.1. The zero-order chi connectivity index (χ0) is 19.9. The molecule has 1 aliphatic heterocycles. The number of ether oxygens (including phenoxy) is 5. The zero-order valence-corrected chi connectivity index (χ0v) is 15.6. The Balaban J connectivity index is 1.45. The summed E-state index contributed by atoms with van der Waals surface area (Å²) in [5.41, 5.74) is 0.818. The summed E-state index contributed by atoms with van der Waals surface area (Å²) in [6.45, 7) is -0.121. The van der Waals surface area contributed by atoms with Crippen molar-refractivity contribution in [3.63, 3.8) is 0 Å². The van der Waals surface area contributed by atoms with Crippen molar-refractivity contribution in [1.82, 2.24) is 5.32 Å². The summed E-state index contributed by atoms with van der Waals surface area (Å²) in [6.07, 6.45) is -0.909. The molecule has 148 valence electrons. The molecule has 3 rings (SSSR count). The summed E-state index contributed by atoms with van der Waals surface area (Å²) in [7, 11) is 3.09. The highest BCUT2D eigenvalue weighted by molar-refractivity contribution is 5.82. The van der Waals surface area contributed by atoms with Crippen molar-refractivity contribution >= 4 is 11.9 Å². The van der Waals surface area contributed by atoms with Crippen LogP contribution in [0.15, 0.2) is 42.5 Å². The van der Waals surface area contributed by atoms with E-state index in [4.69, 9.17) is 23.7 Å². The third-order valence-electron chi connectivity index (χ3n) is 4.05. The van der Waals surface area contributed by atoms with Crippen LogP contribution >= 0.6 is 0 Å². The molecule has 0 saturated heterocycles. The van der Waals surface area contributed by atoms with E-state index in [1.807, 2.05) is 6.07 Å². The molecular formula is C20H21NO7. The van der Waals surface area contributed by atoms with E-state index in [2.05, 4.69) is 5.32 Å². The Hall–Kier alpha value is -3.42. The van der Waals surface area contributed by atoms with Crippen LogP contribution in [-0.4, -0.2) is 45.4 Å². The molecule has 1 aliphatic rings. The van der Waals surface area contributed by atoms with Gasteiger partial charge in [-0.2, -0.15) is 0 Å². The molecule has 0 unspecified atom stereocenters. The first-order valence-corrected chi connectivity index (χ1v) is 8.63. The number of hydrogen-bond acceptors (Lipinski definition) is 7. The molecule has 2 aromatic carbocycles. The Bertz CT molecular complexity index is 852.